The van der Waals surface area contributed by atoms with Crippen LogP contribution in [0.5, 0.6) is 0 Å². The van der Waals surface area contributed by atoms with Crippen LogP contribution in [0.3, 0.4) is 0 Å². The van der Waals surface area contributed by atoms with Crippen molar-refractivity contribution < 1.29 is 9.21 Å². The van der Waals surface area contributed by atoms with Gasteiger partial charge in [0.15, 0.2) is 5.43 Å². The van der Waals surface area contributed by atoms with Crippen molar-refractivity contribution in [2.24, 2.45) is 0 Å². The molecular weight excluding hydrogens is 468 g/mol. The lowest BCUT2D eigenvalue weighted by atomic mass is 10.1. The third kappa shape index (κ3) is 4.55. The number of nitrogens with zero attached hydrogens (tertiary/aromatic N) is 1. The van der Waals surface area contributed by atoms with E-state index in [0.29, 0.717) is 27.2 Å². The first-order valence-electron chi connectivity index (χ1n) is 10.4. The number of para-hydroxylation sites is 1. The van der Waals surface area contributed by atoms with Gasteiger partial charge in [-0.1, -0.05) is 54.1 Å². The Balaban J connectivity index is 1.33. The molecule has 2 heterocycles. The zero-order valence-electron chi connectivity index (χ0n) is 17.7. The molecule has 0 radical (unpaired) electrons. The number of carbonyl (C=O) groups is 1. The highest BCUT2D eigenvalue weighted by Crippen LogP contribution is 2.33. The largest absolute Gasteiger partial charge is 0.463 e. The molecular formula is C27H17ClN2O3S. The number of benzene rings is 3. The van der Waals surface area contributed by atoms with Crippen LogP contribution in [0.4, 0.5) is 5.69 Å². The summed E-state index contributed by atoms with van der Waals surface area (Å²) in [7, 11) is 0. The first-order chi connectivity index (χ1) is 16.6. The van der Waals surface area contributed by atoms with Crippen LogP contribution in [0, 0.1) is 0 Å². The second-order valence-corrected chi connectivity index (χ2v) is 8.70. The predicted octanol–water partition coefficient (Wildman–Crippen LogP) is 6.89. The molecule has 0 saturated carbocycles. The van der Waals surface area contributed by atoms with Gasteiger partial charge in [0, 0.05) is 28.3 Å². The van der Waals surface area contributed by atoms with Crippen LogP contribution in [0.25, 0.3) is 38.9 Å². The number of nitrogens with one attached hydrogen (secondary N) is 1. The first kappa shape index (κ1) is 21.8. The van der Waals surface area contributed by atoms with Gasteiger partial charge in [-0.05, 0) is 36.4 Å². The zero-order chi connectivity index (χ0) is 23.5. The first-order valence-corrected chi connectivity index (χ1v) is 11.6. The average molecular weight is 485 g/mol. The van der Waals surface area contributed by atoms with Crippen molar-refractivity contribution in [3.63, 3.8) is 0 Å². The summed E-state index contributed by atoms with van der Waals surface area (Å²) in [6, 6.07) is 22.0. The minimum atomic E-state index is -0.361. The second kappa shape index (κ2) is 9.47. The summed E-state index contributed by atoms with van der Waals surface area (Å²) in [6.07, 6.45) is 4.12. The number of thiazole rings is 1. The minimum absolute atomic E-state index is 0.189. The molecule has 5 nitrogen and oxygen atoms in total. The molecule has 0 fully saturated rings. The maximum atomic E-state index is 12.6. The van der Waals surface area contributed by atoms with Gasteiger partial charge in [-0.15, -0.1) is 11.3 Å². The lowest BCUT2D eigenvalue weighted by Gasteiger charge is -2.04. The highest BCUT2D eigenvalue weighted by atomic mass is 35.5. The van der Waals surface area contributed by atoms with Gasteiger partial charge in [0.1, 0.15) is 16.9 Å². The highest BCUT2D eigenvalue weighted by molar-refractivity contribution is 7.13. The van der Waals surface area contributed by atoms with Gasteiger partial charge in [0.25, 0.3) is 0 Å². The Kier molecular flexibility index (Phi) is 6.08. The Morgan fingerprint density at radius 1 is 1.03 bits per heavy atom. The van der Waals surface area contributed by atoms with Crippen molar-refractivity contribution in [3.05, 3.63) is 111 Å². The molecule has 0 saturated heterocycles. The van der Waals surface area contributed by atoms with E-state index in [2.05, 4.69) is 5.32 Å². The molecule has 5 aromatic rings. The number of hydrogen-bond acceptors (Lipinski definition) is 5. The van der Waals surface area contributed by atoms with E-state index in [4.69, 9.17) is 21.0 Å². The van der Waals surface area contributed by atoms with Crippen LogP contribution in [-0.2, 0) is 4.79 Å². The molecule has 0 unspecified atom stereocenters. The molecule has 0 spiro atoms. The van der Waals surface area contributed by atoms with Crippen molar-refractivity contribution in [3.8, 4) is 21.8 Å². The number of amides is 1. The topological polar surface area (TPSA) is 72.2 Å². The molecule has 7 heteroatoms. The quantitative estimate of drug-likeness (QED) is 0.276. The fourth-order valence-electron chi connectivity index (χ4n) is 3.48. The van der Waals surface area contributed by atoms with Gasteiger partial charge >= 0.3 is 0 Å². The van der Waals surface area contributed by atoms with Crippen molar-refractivity contribution >= 4 is 51.6 Å². The maximum Gasteiger partial charge on any atom is 0.248 e. The van der Waals surface area contributed by atoms with Crippen LogP contribution < -0.4 is 10.7 Å². The molecule has 3 aromatic carbocycles. The summed E-state index contributed by atoms with van der Waals surface area (Å²) >= 11 is 7.80. The van der Waals surface area contributed by atoms with Crippen molar-refractivity contribution in [2.45, 2.75) is 0 Å². The summed E-state index contributed by atoms with van der Waals surface area (Å²) in [5.74, 6) is -0.361. The van der Waals surface area contributed by atoms with Crippen molar-refractivity contribution in [1.82, 2.24) is 4.98 Å². The molecule has 1 N–H and O–H groups in total. The Morgan fingerprint density at radius 3 is 2.74 bits per heavy atom. The Labute approximate surface area is 204 Å². The van der Waals surface area contributed by atoms with Gasteiger partial charge in [0.2, 0.25) is 5.91 Å². The van der Waals surface area contributed by atoms with Gasteiger partial charge in [0.05, 0.1) is 21.7 Å². The Hall–Kier alpha value is -4.00. The molecule has 5 rings (SSSR count). The van der Waals surface area contributed by atoms with E-state index < -0.39 is 0 Å². The number of halogens is 1. The molecule has 34 heavy (non-hydrogen) atoms. The Bertz CT molecular complexity index is 1600. The van der Waals surface area contributed by atoms with Gasteiger partial charge in [-0.25, -0.2) is 4.98 Å². The Morgan fingerprint density at radius 2 is 1.85 bits per heavy atom. The summed E-state index contributed by atoms with van der Waals surface area (Å²) in [6.45, 7) is 0. The molecule has 1 amide bonds. The van der Waals surface area contributed by atoms with E-state index in [1.807, 2.05) is 47.8 Å². The van der Waals surface area contributed by atoms with Gasteiger partial charge in [-0.3, -0.25) is 9.59 Å². The predicted molar refractivity (Wildman–Crippen MR) is 138 cm³/mol. The summed E-state index contributed by atoms with van der Waals surface area (Å²) in [5, 5.41) is 6.72. The molecule has 0 aliphatic carbocycles. The standard InChI is InChI=1S/C27H17ClN2O3S/c28-22-10-3-1-8-20(22)27-30-23(16-34-27)17-6-5-7-19(14-17)29-25(31)13-12-18-15-33-24-11-4-2-9-21(24)26(18)32/h1-16H,(H,29,31)/b13-12+. The van der Waals surface area contributed by atoms with Crippen molar-refractivity contribution in [1.29, 1.82) is 0 Å². The minimum Gasteiger partial charge on any atom is -0.463 e. The fourth-order valence-corrected chi connectivity index (χ4v) is 4.63. The van der Waals surface area contributed by atoms with E-state index in [1.165, 1.54) is 29.8 Å². The lowest BCUT2D eigenvalue weighted by Crippen LogP contribution is -2.09. The molecule has 2 aromatic heterocycles. The second-order valence-electron chi connectivity index (χ2n) is 7.44. The fraction of sp³-hybridized carbons (Fsp3) is 0. The molecule has 0 aliphatic heterocycles. The van der Waals surface area contributed by atoms with Crippen LogP contribution in [0.2, 0.25) is 5.02 Å². The zero-order valence-corrected chi connectivity index (χ0v) is 19.3. The van der Waals surface area contributed by atoms with Gasteiger partial charge < -0.3 is 9.73 Å². The molecule has 166 valence electrons. The number of rotatable bonds is 5. The van der Waals surface area contributed by atoms with E-state index >= 15 is 0 Å². The number of carbonyl (C=O) groups excluding carboxylic acids is 1. The summed E-state index contributed by atoms with van der Waals surface area (Å²) in [4.78, 5) is 29.8. The SMILES string of the molecule is O=C(/C=C/c1coc2ccccc2c1=O)Nc1cccc(-c2csc(-c3ccccc3Cl)n2)c1. The lowest BCUT2D eigenvalue weighted by molar-refractivity contribution is -0.111. The van der Waals surface area contributed by atoms with E-state index in [9.17, 15) is 9.59 Å². The molecule has 0 atom stereocenters. The van der Waals surface area contributed by atoms with Crippen molar-refractivity contribution in [2.75, 3.05) is 5.32 Å². The summed E-state index contributed by atoms with van der Waals surface area (Å²) in [5.41, 5.74) is 3.78. The van der Waals surface area contributed by atoms with E-state index in [-0.39, 0.29) is 11.3 Å². The van der Waals surface area contributed by atoms with E-state index in [1.54, 1.807) is 30.3 Å². The monoisotopic (exact) mass is 484 g/mol. The number of hydrogen-bond donors (Lipinski definition) is 1. The molecule has 0 bridgehead atoms. The van der Waals surface area contributed by atoms with Crippen LogP contribution in [0.15, 0.2) is 99.7 Å². The van der Waals surface area contributed by atoms with Gasteiger partial charge in [-0.2, -0.15) is 0 Å². The molecule has 0 aliphatic rings. The average Bonchev–Trinajstić information content (AvgIpc) is 3.34. The van der Waals surface area contributed by atoms with E-state index in [0.717, 1.165) is 21.8 Å². The summed E-state index contributed by atoms with van der Waals surface area (Å²) < 4.78 is 5.48. The van der Waals surface area contributed by atoms with Crippen LogP contribution in [-0.4, -0.2) is 10.9 Å². The number of aromatic nitrogens is 1. The highest BCUT2D eigenvalue weighted by Gasteiger charge is 2.10. The number of fused-ring (bicyclic) bond motifs is 1. The third-order valence-corrected chi connectivity index (χ3v) is 6.36. The maximum absolute atomic E-state index is 12.6. The normalized spacial score (nSPS) is 11.2. The third-order valence-electron chi connectivity index (χ3n) is 5.16. The van der Waals surface area contributed by atoms with Crippen LogP contribution >= 0.6 is 22.9 Å². The van der Waals surface area contributed by atoms with Crippen LogP contribution in [0.1, 0.15) is 5.56 Å². The smallest absolute Gasteiger partial charge is 0.248 e. The number of anilines is 1.